The van der Waals surface area contributed by atoms with Crippen LogP contribution in [0, 0.1) is 6.92 Å². The number of nitrogens with one attached hydrogen (secondary N) is 1. The molecule has 1 unspecified atom stereocenters. The molecule has 1 atom stereocenters. The van der Waals surface area contributed by atoms with Crippen molar-refractivity contribution in [1.29, 1.82) is 0 Å². The van der Waals surface area contributed by atoms with Crippen LogP contribution in [0.4, 0.5) is 0 Å². The maximum absolute atomic E-state index is 5.47. The van der Waals surface area contributed by atoms with Crippen LogP contribution in [0.3, 0.4) is 0 Å². The van der Waals surface area contributed by atoms with Crippen molar-refractivity contribution in [3.05, 3.63) is 41.0 Å². The van der Waals surface area contributed by atoms with E-state index < -0.39 is 0 Å². The molecule has 0 saturated carbocycles. The zero-order valence-corrected chi connectivity index (χ0v) is 10.7. The predicted molar refractivity (Wildman–Crippen MR) is 72.1 cm³/mol. The summed E-state index contributed by atoms with van der Waals surface area (Å²) >= 11 is 0. The molecular formula is C15H21NO. The number of benzene rings is 1. The minimum atomic E-state index is 0.476. The maximum Gasteiger partial charge on any atom is 0.0623 e. The Hall–Kier alpha value is -1.12. The summed E-state index contributed by atoms with van der Waals surface area (Å²) in [6, 6.07) is 8.97. The fourth-order valence-corrected chi connectivity index (χ4v) is 2.21. The molecule has 0 aromatic heterocycles. The lowest BCUT2D eigenvalue weighted by Gasteiger charge is -2.24. The number of ether oxygens (including phenoxy) is 1. The second-order valence-electron chi connectivity index (χ2n) is 4.78. The molecule has 0 spiro atoms. The van der Waals surface area contributed by atoms with Gasteiger partial charge in [0.1, 0.15) is 0 Å². The molecule has 0 bridgehead atoms. The van der Waals surface area contributed by atoms with Crippen LogP contribution in [0.5, 0.6) is 0 Å². The van der Waals surface area contributed by atoms with Gasteiger partial charge in [-0.25, -0.2) is 0 Å². The Bertz CT molecular complexity index is 392. The molecule has 1 aromatic rings. The van der Waals surface area contributed by atoms with Crippen molar-refractivity contribution in [2.75, 3.05) is 19.8 Å². The monoisotopic (exact) mass is 231 g/mol. The van der Waals surface area contributed by atoms with E-state index in [1.807, 2.05) is 0 Å². The van der Waals surface area contributed by atoms with Crippen molar-refractivity contribution >= 4 is 6.08 Å². The summed E-state index contributed by atoms with van der Waals surface area (Å²) in [5, 5.41) is 3.48. The molecule has 2 heteroatoms. The highest BCUT2D eigenvalue weighted by Crippen LogP contribution is 2.15. The minimum absolute atomic E-state index is 0.476. The van der Waals surface area contributed by atoms with Crippen LogP contribution in [0.2, 0.25) is 0 Å². The number of hydrogen-bond donors (Lipinski definition) is 1. The minimum Gasteiger partial charge on any atom is -0.379 e. The summed E-state index contributed by atoms with van der Waals surface area (Å²) in [4.78, 5) is 0. The second-order valence-corrected chi connectivity index (χ2v) is 4.78. The molecule has 1 aliphatic heterocycles. The van der Waals surface area contributed by atoms with E-state index in [0.29, 0.717) is 6.04 Å². The first kappa shape index (κ1) is 12.3. The zero-order chi connectivity index (χ0) is 12.1. The molecule has 17 heavy (non-hydrogen) atoms. The highest BCUT2D eigenvalue weighted by molar-refractivity contribution is 5.56. The third kappa shape index (κ3) is 3.69. The number of morpholine rings is 1. The first-order valence-electron chi connectivity index (χ1n) is 6.29. The summed E-state index contributed by atoms with van der Waals surface area (Å²) in [7, 11) is 0. The van der Waals surface area contributed by atoms with Crippen molar-refractivity contribution in [3.63, 3.8) is 0 Å². The van der Waals surface area contributed by atoms with Gasteiger partial charge < -0.3 is 10.1 Å². The molecule has 1 heterocycles. The van der Waals surface area contributed by atoms with Crippen molar-refractivity contribution < 1.29 is 4.74 Å². The molecule has 1 aromatic carbocycles. The summed E-state index contributed by atoms with van der Waals surface area (Å²) in [5.41, 5.74) is 4.06. The SMILES string of the molecule is C/C(=C/c1ccccc1C)CC1COCCN1. The van der Waals surface area contributed by atoms with Gasteiger partial charge in [0.25, 0.3) is 0 Å². The van der Waals surface area contributed by atoms with Gasteiger partial charge in [-0.1, -0.05) is 35.9 Å². The van der Waals surface area contributed by atoms with Gasteiger partial charge in [0, 0.05) is 12.6 Å². The average Bonchev–Trinajstić information content (AvgIpc) is 2.33. The molecule has 1 N–H and O–H groups in total. The Labute approximate surface area is 104 Å². The number of aryl methyl sites for hydroxylation is 1. The lowest BCUT2D eigenvalue weighted by atomic mass is 10.0. The van der Waals surface area contributed by atoms with Crippen LogP contribution in [0.15, 0.2) is 29.8 Å². The van der Waals surface area contributed by atoms with Crippen LogP contribution in [-0.2, 0) is 4.74 Å². The van der Waals surface area contributed by atoms with Crippen molar-refractivity contribution in [2.45, 2.75) is 26.3 Å². The smallest absolute Gasteiger partial charge is 0.0623 e. The third-order valence-electron chi connectivity index (χ3n) is 3.16. The third-order valence-corrected chi connectivity index (χ3v) is 3.16. The van der Waals surface area contributed by atoms with Gasteiger partial charge >= 0.3 is 0 Å². The largest absolute Gasteiger partial charge is 0.379 e. The van der Waals surface area contributed by atoms with E-state index in [0.717, 1.165) is 26.2 Å². The van der Waals surface area contributed by atoms with Gasteiger partial charge in [0.15, 0.2) is 0 Å². The van der Waals surface area contributed by atoms with Crippen LogP contribution in [-0.4, -0.2) is 25.8 Å². The Morgan fingerprint density at radius 1 is 1.47 bits per heavy atom. The first-order chi connectivity index (χ1) is 8.25. The molecule has 1 fully saturated rings. The van der Waals surface area contributed by atoms with Gasteiger partial charge in [-0.15, -0.1) is 0 Å². The number of rotatable bonds is 3. The molecule has 2 rings (SSSR count). The highest BCUT2D eigenvalue weighted by Gasteiger charge is 2.12. The van der Waals surface area contributed by atoms with Crippen LogP contribution >= 0.6 is 0 Å². The van der Waals surface area contributed by atoms with E-state index in [4.69, 9.17) is 4.74 Å². The van der Waals surface area contributed by atoms with Gasteiger partial charge in [-0.2, -0.15) is 0 Å². The topological polar surface area (TPSA) is 21.3 Å². The Balaban J connectivity index is 1.99. The predicted octanol–water partition coefficient (Wildman–Crippen LogP) is 2.78. The van der Waals surface area contributed by atoms with Gasteiger partial charge in [0.2, 0.25) is 0 Å². The molecule has 1 aliphatic rings. The van der Waals surface area contributed by atoms with Gasteiger partial charge in [-0.05, 0) is 31.4 Å². The molecule has 0 amide bonds. The molecule has 92 valence electrons. The van der Waals surface area contributed by atoms with Crippen molar-refractivity contribution in [2.24, 2.45) is 0 Å². The zero-order valence-electron chi connectivity index (χ0n) is 10.7. The van der Waals surface area contributed by atoms with Crippen molar-refractivity contribution in [1.82, 2.24) is 5.32 Å². The molecular weight excluding hydrogens is 210 g/mol. The van der Waals surface area contributed by atoms with Gasteiger partial charge in [-0.3, -0.25) is 0 Å². The highest BCUT2D eigenvalue weighted by atomic mass is 16.5. The summed E-state index contributed by atoms with van der Waals surface area (Å²) in [5.74, 6) is 0. The van der Waals surface area contributed by atoms with E-state index >= 15 is 0 Å². The van der Waals surface area contributed by atoms with E-state index in [1.165, 1.54) is 16.7 Å². The first-order valence-corrected chi connectivity index (χ1v) is 6.29. The van der Waals surface area contributed by atoms with E-state index in [2.05, 4.69) is 49.5 Å². The fraction of sp³-hybridized carbons (Fsp3) is 0.467. The average molecular weight is 231 g/mol. The Kier molecular flexibility index (Phi) is 4.35. The van der Waals surface area contributed by atoms with Crippen LogP contribution in [0.1, 0.15) is 24.5 Å². The Morgan fingerprint density at radius 2 is 2.29 bits per heavy atom. The molecule has 2 nitrogen and oxygen atoms in total. The standard InChI is InChI=1S/C15H21NO/c1-12(10-15-11-17-8-7-16-15)9-14-6-4-3-5-13(14)2/h3-6,9,15-16H,7-8,10-11H2,1-2H3/b12-9-. The number of hydrogen-bond acceptors (Lipinski definition) is 2. The van der Waals surface area contributed by atoms with Crippen molar-refractivity contribution in [3.8, 4) is 0 Å². The van der Waals surface area contributed by atoms with E-state index in [-0.39, 0.29) is 0 Å². The molecule has 0 aliphatic carbocycles. The van der Waals surface area contributed by atoms with E-state index in [1.54, 1.807) is 0 Å². The maximum atomic E-state index is 5.47. The van der Waals surface area contributed by atoms with Crippen LogP contribution in [0.25, 0.3) is 6.08 Å². The van der Waals surface area contributed by atoms with Crippen LogP contribution < -0.4 is 5.32 Å². The second kappa shape index (κ2) is 5.99. The Morgan fingerprint density at radius 3 is 3.00 bits per heavy atom. The fourth-order valence-electron chi connectivity index (χ4n) is 2.21. The summed E-state index contributed by atoms with van der Waals surface area (Å²) < 4.78 is 5.47. The normalized spacial score (nSPS) is 21.5. The summed E-state index contributed by atoms with van der Waals surface area (Å²) in [6.07, 6.45) is 3.35. The quantitative estimate of drug-likeness (QED) is 0.863. The summed E-state index contributed by atoms with van der Waals surface area (Å²) in [6.45, 7) is 7.00. The lowest BCUT2D eigenvalue weighted by molar-refractivity contribution is 0.0771. The van der Waals surface area contributed by atoms with Gasteiger partial charge in [0.05, 0.1) is 13.2 Å². The molecule has 0 radical (unpaired) electrons. The lowest BCUT2D eigenvalue weighted by Crippen LogP contribution is -2.41. The molecule has 1 saturated heterocycles. The van der Waals surface area contributed by atoms with E-state index in [9.17, 15) is 0 Å².